The van der Waals surface area contributed by atoms with E-state index < -0.39 is 0 Å². The summed E-state index contributed by atoms with van der Waals surface area (Å²) in [4.78, 5) is 27.8. The number of carbonyl (C=O) groups is 2. The summed E-state index contributed by atoms with van der Waals surface area (Å²) in [5.41, 5.74) is 1.86. The fourth-order valence-corrected chi connectivity index (χ4v) is 2.76. The molecule has 0 aliphatic rings. The van der Waals surface area contributed by atoms with Crippen LogP contribution in [-0.2, 0) is 23.1 Å². The lowest BCUT2D eigenvalue weighted by Crippen LogP contribution is -2.34. The molecule has 0 atom stereocenters. The summed E-state index contributed by atoms with van der Waals surface area (Å²) in [6.07, 6.45) is 4.33. The zero-order chi connectivity index (χ0) is 16.7. The molecule has 2 rings (SSSR count). The number of amides is 2. The Morgan fingerprint density at radius 1 is 1.26 bits per heavy atom. The normalized spacial score (nSPS) is 10.3. The fraction of sp³-hybridized carbons (Fsp3) is 0.312. The number of benzene rings is 1. The lowest BCUT2D eigenvalue weighted by Gasteiger charge is -2.10. The molecular weight excluding hydrogens is 312 g/mol. The van der Waals surface area contributed by atoms with Crippen molar-refractivity contribution in [3.63, 3.8) is 0 Å². The summed E-state index contributed by atoms with van der Waals surface area (Å²) < 4.78 is 1.84. The molecule has 0 bridgehead atoms. The molecule has 2 amide bonds. The van der Waals surface area contributed by atoms with E-state index >= 15 is 0 Å². The number of nitrogens with one attached hydrogen (secondary N) is 2. The van der Waals surface area contributed by atoms with Gasteiger partial charge in [0.15, 0.2) is 5.16 Å². The first-order valence-corrected chi connectivity index (χ1v) is 8.33. The minimum Gasteiger partial charge on any atom is -0.346 e. The molecule has 0 radical (unpaired) electrons. The number of thioether (sulfide) groups is 1. The Morgan fingerprint density at radius 2 is 2.04 bits per heavy atom. The highest BCUT2D eigenvalue weighted by atomic mass is 32.2. The van der Waals surface area contributed by atoms with Crippen molar-refractivity contribution in [3.8, 4) is 0 Å². The fourth-order valence-electron chi connectivity index (χ4n) is 2.00. The average molecular weight is 332 g/mol. The molecule has 1 aromatic carbocycles. The molecule has 0 unspecified atom stereocenters. The highest BCUT2D eigenvalue weighted by Gasteiger charge is 2.09. The van der Waals surface area contributed by atoms with Crippen LogP contribution in [0.4, 0.5) is 5.69 Å². The molecule has 2 aromatic rings. The van der Waals surface area contributed by atoms with Gasteiger partial charge >= 0.3 is 0 Å². The molecular formula is C16H20N4O2S. The zero-order valence-corrected chi connectivity index (χ0v) is 14.0. The predicted octanol–water partition coefficient (Wildman–Crippen LogP) is 1.83. The monoisotopic (exact) mass is 332 g/mol. The summed E-state index contributed by atoms with van der Waals surface area (Å²) in [5.74, 6) is -0.206. The molecule has 0 spiro atoms. The van der Waals surface area contributed by atoms with Crippen molar-refractivity contribution in [2.45, 2.75) is 18.5 Å². The van der Waals surface area contributed by atoms with Crippen LogP contribution in [0.5, 0.6) is 0 Å². The van der Waals surface area contributed by atoms with Crippen LogP contribution in [0.25, 0.3) is 0 Å². The van der Waals surface area contributed by atoms with E-state index in [-0.39, 0.29) is 24.1 Å². The van der Waals surface area contributed by atoms with E-state index in [2.05, 4.69) is 15.6 Å². The first-order valence-electron chi connectivity index (χ1n) is 7.34. The van der Waals surface area contributed by atoms with E-state index in [0.717, 1.165) is 22.8 Å². The van der Waals surface area contributed by atoms with Gasteiger partial charge in [0.05, 0.1) is 12.3 Å². The number of hydrogen-bond acceptors (Lipinski definition) is 4. The Labute approximate surface area is 139 Å². The molecule has 7 heteroatoms. The number of rotatable bonds is 7. The van der Waals surface area contributed by atoms with Crippen molar-refractivity contribution in [2.75, 3.05) is 17.6 Å². The first kappa shape index (κ1) is 17.1. The van der Waals surface area contributed by atoms with Gasteiger partial charge in [-0.15, -0.1) is 0 Å². The van der Waals surface area contributed by atoms with Crippen LogP contribution < -0.4 is 10.6 Å². The summed E-state index contributed by atoms with van der Waals surface area (Å²) in [6, 6.07) is 7.63. The second kappa shape index (κ2) is 8.38. The van der Waals surface area contributed by atoms with Crippen LogP contribution in [-0.4, -0.2) is 33.7 Å². The molecule has 1 heterocycles. The Balaban J connectivity index is 1.75. The summed E-state index contributed by atoms with van der Waals surface area (Å²) in [7, 11) is 1.87. The summed E-state index contributed by atoms with van der Waals surface area (Å²) in [5, 5.41) is 6.20. The van der Waals surface area contributed by atoms with Crippen LogP contribution >= 0.6 is 11.8 Å². The van der Waals surface area contributed by atoms with Crippen LogP contribution in [0, 0.1) is 0 Å². The first-order chi connectivity index (χ1) is 11.1. The number of carbonyl (C=O) groups excluding carboxylic acids is 2. The van der Waals surface area contributed by atoms with Gasteiger partial charge in [-0.05, 0) is 18.1 Å². The van der Waals surface area contributed by atoms with Crippen molar-refractivity contribution in [1.29, 1.82) is 0 Å². The van der Waals surface area contributed by atoms with Crippen molar-refractivity contribution in [3.05, 3.63) is 42.2 Å². The third-order valence-electron chi connectivity index (χ3n) is 3.23. The van der Waals surface area contributed by atoms with Crippen molar-refractivity contribution in [1.82, 2.24) is 14.9 Å². The number of aromatic nitrogens is 2. The second-order valence-corrected chi connectivity index (χ2v) is 5.89. The predicted molar refractivity (Wildman–Crippen MR) is 91.4 cm³/mol. The molecule has 0 saturated heterocycles. The molecule has 2 N–H and O–H groups in total. The zero-order valence-electron chi connectivity index (χ0n) is 13.2. The lowest BCUT2D eigenvalue weighted by atomic mass is 10.1. The van der Waals surface area contributed by atoms with Crippen molar-refractivity contribution >= 4 is 29.3 Å². The van der Waals surface area contributed by atoms with Crippen LogP contribution in [0.2, 0.25) is 0 Å². The summed E-state index contributed by atoms with van der Waals surface area (Å²) in [6.45, 7) is 1.99. The third-order valence-corrected chi connectivity index (χ3v) is 4.29. The molecule has 0 saturated carbocycles. The third kappa shape index (κ3) is 5.14. The van der Waals surface area contributed by atoms with Crippen LogP contribution in [0.1, 0.15) is 12.5 Å². The minimum atomic E-state index is -0.235. The maximum atomic E-state index is 11.9. The van der Waals surface area contributed by atoms with E-state index in [9.17, 15) is 9.59 Å². The van der Waals surface area contributed by atoms with Gasteiger partial charge in [-0.3, -0.25) is 9.59 Å². The van der Waals surface area contributed by atoms with E-state index in [1.165, 1.54) is 11.8 Å². The van der Waals surface area contributed by atoms with E-state index in [1.807, 2.05) is 49.0 Å². The average Bonchev–Trinajstić information content (AvgIpc) is 2.96. The Morgan fingerprint density at radius 3 is 2.74 bits per heavy atom. The maximum Gasteiger partial charge on any atom is 0.243 e. The Hall–Kier alpha value is -2.28. The second-order valence-electron chi connectivity index (χ2n) is 4.95. The minimum absolute atomic E-state index is 0.0436. The van der Waals surface area contributed by atoms with Crippen molar-refractivity contribution in [2.24, 2.45) is 7.05 Å². The highest BCUT2D eigenvalue weighted by Crippen LogP contribution is 2.15. The largest absolute Gasteiger partial charge is 0.346 e. The number of imidazole rings is 1. The van der Waals surface area contributed by atoms with E-state index in [1.54, 1.807) is 6.20 Å². The van der Waals surface area contributed by atoms with E-state index in [0.29, 0.717) is 0 Å². The number of aryl methyl sites for hydroxylation is 2. The van der Waals surface area contributed by atoms with Gasteiger partial charge in [-0.1, -0.05) is 36.9 Å². The highest BCUT2D eigenvalue weighted by molar-refractivity contribution is 7.99. The smallest absolute Gasteiger partial charge is 0.243 e. The lowest BCUT2D eigenvalue weighted by molar-refractivity contribution is -0.122. The molecule has 6 nitrogen and oxygen atoms in total. The Bertz CT molecular complexity index is 684. The van der Waals surface area contributed by atoms with Crippen LogP contribution in [0.3, 0.4) is 0 Å². The molecule has 0 aliphatic heterocycles. The van der Waals surface area contributed by atoms with Gasteiger partial charge in [0.1, 0.15) is 0 Å². The van der Waals surface area contributed by atoms with Crippen molar-refractivity contribution < 1.29 is 9.59 Å². The van der Waals surface area contributed by atoms with Gasteiger partial charge in [0.25, 0.3) is 0 Å². The molecule has 0 aliphatic carbocycles. The molecule has 1 aromatic heterocycles. The molecule has 0 fully saturated rings. The van der Waals surface area contributed by atoms with Gasteiger partial charge in [0.2, 0.25) is 11.8 Å². The van der Waals surface area contributed by atoms with Gasteiger partial charge in [0, 0.05) is 25.1 Å². The molecule has 122 valence electrons. The van der Waals surface area contributed by atoms with Gasteiger partial charge < -0.3 is 15.2 Å². The number of nitrogens with zero attached hydrogens (tertiary/aromatic N) is 2. The summed E-state index contributed by atoms with van der Waals surface area (Å²) >= 11 is 1.33. The Kier molecular flexibility index (Phi) is 6.22. The van der Waals surface area contributed by atoms with Gasteiger partial charge in [-0.2, -0.15) is 0 Å². The quantitative estimate of drug-likeness (QED) is 0.759. The SMILES string of the molecule is CCc1ccccc1NC(=O)CNC(=O)CSc1nccn1C. The molecule has 23 heavy (non-hydrogen) atoms. The van der Waals surface area contributed by atoms with Crippen LogP contribution in [0.15, 0.2) is 41.8 Å². The number of anilines is 1. The topological polar surface area (TPSA) is 76.0 Å². The standard InChI is InChI=1S/C16H20N4O2S/c1-3-12-6-4-5-7-13(12)19-14(21)10-18-15(22)11-23-16-17-8-9-20(16)2/h4-9H,3,10-11H2,1-2H3,(H,18,22)(H,19,21). The number of para-hydroxylation sites is 1. The van der Waals surface area contributed by atoms with E-state index in [4.69, 9.17) is 0 Å². The number of hydrogen-bond donors (Lipinski definition) is 2. The maximum absolute atomic E-state index is 11.9. The van der Waals surface area contributed by atoms with Gasteiger partial charge in [-0.25, -0.2) is 4.98 Å².